The van der Waals surface area contributed by atoms with E-state index in [9.17, 15) is 13.2 Å². The summed E-state index contributed by atoms with van der Waals surface area (Å²) in [5, 5.41) is 3.48. The van der Waals surface area contributed by atoms with Gasteiger partial charge in [0.1, 0.15) is 0 Å². The fourth-order valence-electron chi connectivity index (χ4n) is 2.24. The average Bonchev–Trinajstić information content (AvgIpc) is 2.60. The van der Waals surface area contributed by atoms with Crippen molar-refractivity contribution in [2.45, 2.75) is 17.1 Å². The van der Waals surface area contributed by atoms with Gasteiger partial charge in [-0.1, -0.05) is 35.9 Å². The number of anilines is 1. The van der Waals surface area contributed by atoms with Crippen LogP contribution in [0, 0.1) is 0 Å². The summed E-state index contributed by atoms with van der Waals surface area (Å²) in [6, 6.07) is 13.8. The Hall–Kier alpha value is -1.54. The Morgan fingerprint density at radius 3 is 2.54 bits per heavy atom. The first-order valence-corrected chi connectivity index (χ1v) is 10.8. The van der Waals surface area contributed by atoms with Gasteiger partial charge in [0.25, 0.3) is 0 Å². The number of hydrogen-bond donors (Lipinski definition) is 1. The minimum absolute atomic E-state index is 0.0647. The van der Waals surface area contributed by atoms with Gasteiger partial charge >= 0.3 is 0 Å². The summed E-state index contributed by atoms with van der Waals surface area (Å²) in [7, 11) is -0.608. The monoisotopic (exact) mass is 412 g/mol. The van der Waals surface area contributed by atoms with E-state index >= 15 is 0 Å². The summed E-state index contributed by atoms with van der Waals surface area (Å²) in [5.74, 6) is 0.0325. The lowest BCUT2D eigenvalue weighted by Crippen LogP contribution is -2.22. The third-order valence-electron chi connectivity index (χ3n) is 3.70. The van der Waals surface area contributed by atoms with E-state index in [2.05, 4.69) is 5.32 Å². The first-order valence-electron chi connectivity index (χ1n) is 7.90. The highest BCUT2D eigenvalue weighted by atomic mass is 35.5. The van der Waals surface area contributed by atoms with Gasteiger partial charge in [-0.2, -0.15) is 0 Å². The van der Waals surface area contributed by atoms with Gasteiger partial charge in [0.05, 0.1) is 10.6 Å². The van der Waals surface area contributed by atoms with E-state index in [-0.39, 0.29) is 21.8 Å². The second kappa shape index (κ2) is 8.90. The standard InChI is InChI=1S/C18H21ClN2O3S2/c1-13(16-9-4-5-10-17(16)19)25-12-18(22)20-14-7-6-8-15(11-14)26(23,24)21(2)3/h4-11,13H,12H2,1-3H3,(H,20,22)/t13-/m0/s1. The Morgan fingerprint density at radius 1 is 1.19 bits per heavy atom. The van der Waals surface area contributed by atoms with Crippen LogP contribution in [-0.2, 0) is 14.8 Å². The van der Waals surface area contributed by atoms with E-state index in [1.807, 2.05) is 31.2 Å². The molecule has 1 atom stereocenters. The lowest BCUT2D eigenvalue weighted by molar-refractivity contribution is -0.113. The van der Waals surface area contributed by atoms with Crippen LogP contribution in [0.5, 0.6) is 0 Å². The molecular formula is C18H21ClN2O3S2. The van der Waals surface area contributed by atoms with Crippen LogP contribution in [0.3, 0.4) is 0 Å². The number of thioether (sulfide) groups is 1. The number of amides is 1. The maximum atomic E-state index is 12.2. The summed E-state index contributed by atoms with van der Waals surface area (Å²) >= 11 is 7.64. The Labute approximate surface area is 163 Å². The average molecular weight is 413 g/mol. The lowest BCUT2D eigenvalue weighted by atomic mass is 10.2. The lowest BCUT2D eigenvalue weighted by Gasteiger charge is -2.14. The quantitative estimate of drug-likeness (QED) is 0.745. The number of hydrogen-bond acceptors (Lipinski definition) is 4. The molecule has 2 aromatic carbocycles. The van der Waals surface area contributed by atoms with E-state index in [1.54, 1.807) is 12.1 Å². The van der Waals surface area contributed by atoms with Gasteiger partial charge in [0.15, 0.2) is 0 Å². The molecule has 0 aromatic heterocycles. The minimum atomic E-state index is -3.54. The van der Waals surface area contributed by atoms with Crippen LogP contribution in [0.25, 0.3) is 0 Å². The molecule has 1 amide bonds. The van der Waals surface area contributed by atoms with Gasteiger partial charge in [0.2, 0.25) is 15.9 Å². The molecule has 140 valence electrons. The van der Waals surface area contributed by atoms with Crippen LogP contribution in [0.1, 0.15) is 17.7 Å². The van der Waals surface area contributed by atoms with Crippen LogP contribution in [-0.4, -0.2) is 38.5 Å². The first-order chi connectivity index (χ1) is 12.2. The molecule has 0 aliphatic carbocycles. The number of carbonyl (C=O) groups excluding carboxylic acids is 1. The van der Waals surface area contributed by atoms with Crippen molar-refractivity contribution in [3.63, 3.8) is 0 Å². The van der Waals surface area contributed by atoms with E-state index in [4.69, 9.17) is 11.6 Å². The van der Waals surface area contributed by atoms with Crippen LogP contribution in [0.15, 0.2) is 53.4 Å². The predicted molar refractivity (Wildman–Crippen MR) is 108 cm³/mol. The molecule has 0 saturated heterocycles. The maximum absolute atomic E-state index is 12.2. The van der Waals surface area contributed by atoms with Gasteiger partial charge in [-0.05, 0) is 36.8 Å². The molecule has 0 aliphatic rings. The second-order valence-electron chi connectivity index (χ2n) is 5.84. The number of rotatable bonds is 7. The van der Waals surface area contributed by atoms with Crippen molar-refractivity contribution >= 4 is 45.0 Å². The highest BCUT2D eigenvalue weighted by Crippen LogP contribution is 2.32. The normalized spacial score (nSPS) is 12.8. The largest absolute Gasteiger partial charge is 0.325 e. The van der Waals surface area contributed by atoms with Gasteiger partial charge in [0, 0.05) is 30.1 Å². The molecule has 0 heterocycles. The molecule has 2 rings (SSSR count). The Bertz CT molecular complexity index is 886. The molecule has 0 fully saturated rings. The van der Waals surface area contributed by atoms with Gasteiger partial charge in [-0.15, -0.1) is 11.8 Å². The summed E-state index contributed by atoms with van der Waals surface area (Å²) in [6.07, 6.45) is 0. The second-order valence-corrected chi connectivity index (χ2v) is 9.73. The van der Waals surface area contributed by atoms with Crippen LogP contribution in [0.4, 0.5) is 5.69 Å². The molecule has 0 radical (unpaired) electrons. The van der Waals surface area contributed by atoms with E-state index in [0.717, 1.165) is 9.87 Å². The zero-order valence-electron chi connectivity index (χ0n) is 14.8. The van der Waals surface area contributed by atoms with Crippen molar-refractivity contribution in [3.05, 3.63) is 59.1 Å². The molecule has 0 spiro atoms. The first kappa shape index (κ1) is 20.8. The summed E-state index contributed by atoms with van der Waals surface area (Å²) < 4.78 is 25.5. The van der Waals surface area contributed by atoms with E-state index < -0.39 is 10.0 Å². The van der Waals surface area contributed by atoms with Gasteiger partial charge in [-0.25, -0.2) is 12.7 Å². The predicted octanol–water partition coefficient (Wildman–Crippen LogP) is 4.02. The molecule has 2 aromatic rings. The van der Waals surface area contributed by atoms with Crippen molar-refractivity contribution in [2.75, 3.05) is 25.2 Å². The molecule has 8 heteroatoms. The molecule has 0 bridgehead atoms. The molecule has 1 N–H and O–H groups in total. The number of nitrogens with zero attached hydrogens (tertiary/aromatic N) is 1. The third kappa shape index (κ3) is 5.23. The zero-order valence-corrected chi connectivity index (χ0v) is 17.2. The van der Waals surface area contributed by atoms with Gasteiger partial charge in [-0.3, -0.25) is 4.79 Å². The number of halogens is 1. The Balaban J connectivity index is 1.99. The SMILES string of the molecule is C[C@H](SCC(=O)Nc1cccc(S(=O)(=O)N(C)C)c1)c1ccccc1Cl. The van der Waals surface area contributed by atoms with Crippen LogP contribution < -0.4 is 5.32 Å². The van der Waals surface area contributed by atoms with Crippen molar-refractivity contribution in [1.82, 2.24) is 4.31 Å². The summed E-state index contributed by atoms with van der Waals surface area (Å²) in [6.45, 7) is 1.99. The maximum Gasteiger partial charge on any atom is 0.242 e. The molecule has 5 nitrogen and oxygen atoms in total. The Kier molecular flexibility index (Phi) is 7.11. The van der Waals surface area contributed by atoms with Crippen LogP contribution in [0.2, 0.25) is 5.02 Å². The fourth-order valence-corrected chi connectivity index (χ4v) is 4.41. The molecule has 0 saturated carbocycles. The number of nitrogens with one attached hydrogen (secondary N) is 1. The van der Waals surface area contributed by atoms with Gasteiger partial charge < -0.3 is 5.32 Å². The molecule has 0 unspecified atom stereocenters. The van der Waals surface area contributed by atoms with Crippen molar-refractivity contribution in [3.8, 4) is 0 Å². The molecular weight excluding hydrogens is 392 g/mol. The molecule has 0 aliphatic heterocycles. The topological polar surface area (TPSA) is 66.5 Å². The minimum Gasteiger partial charge on any atom is -0.325 e. The summed E-state index contributed by atoms with van der Waals surface area (Å²) in [5.41, 5.74) is 1.43. The van der Waals surface area contributed by atoms with Crippen molar-refractivity contribution < 1.29 is 13.2 Å². The van der Waals surface area contributed by atoms with E-state index in [1.165, 1.54) is 38.0 Å². The van der Waals surface area contributed by atoms with Crippen molar-refractivity contribution in [1.29, 1.82) is 0 Å². The number of carbonyl (C=O) groups is 1. The number of sulfonamides is 1. The third-order valence-corrected chi connectivity index (χ3v) is 7.04. The van der Waals surface area contributed by atoms with Crippen molar-refractivity contribution in [2.24, 2.45) is 0 Å². The Morgan fingerprint density at radius 2 is 1.88 bits per heavy atom. The highest BCUT2D eigenvalue weighted by molar-refractivity contribution is 8.00. The smallest absolute Gasteiger partial charge is 0.242 e. The van der Waals surface area contributed by atoms with Crippen LogP contribution >= 0.6 is 23.4 Å². The molecule has 26 heavy (non-hydrogen) atoms. The van der Waals surface area contributed by atoms with E-state index in [0.29, 0.717) is 10.7 Å². The fraction of sp³-hybridized carbons (Fsp3) is 0.278. The highest BCUT2D eigenvalue weighted by Gasteiger charge is 2.18. The summed E-state index contributed by atoms with van der Waals surface area (Å²) in [4.78, 5) is 12.3. The zero-order chi connectivity index (χ0) is 19.3. The number of benzene rings is 2.